The molecule has 1 rings (SSSR count). The first-order valence-corrected chi connectivity index (χ1v) is 4.78. The van der Waals surface area contributed by atoms with Crippen LogP contribution in [-0.2, 0) is 0 Å². The van der Waals surface area contributed by atoms with Gasteiger partial charge < -0.3 is 5.32 Å². The van der Waals surface area contributed by atoms with Crippen molar-refractivity contribution in [2.24, 2.45) is 0 Å². The number of rotatable bonds is 2. The second kappa shape index (κ2) is 4.65. The molecule has 0 heterocycles. The molecule has 0 fully saturated rings. The molecule has 1 N–H and O–H groups in total. The molecule has 0 atom stereocenters. The third-order valence-electron chi connectivity index (χ3n) is 1.54. The van der Waals surface area contributed by atoms with Gasteiger partial charge in [0.1, 0.15) is 6.54 Å². The van der Waals surface area contributed by atoms with E-state index in [0.717, 1.165) is 0 Å². The highest BCUT2D eigenvalue weighted by Gasteiger charge is 2.27. The van der Waals surface area contributed by atoms with Crippen LogP contribution >= 0.6 is 15.9 Å². The summed E-state index contributed by atoms with van der Waals surface area (Å²) in [6.45, 7) is -1.32. The summed E-state index contributed by atoms with van der Waals surface area (Å²) in [6, 6.07) is 6.15. The monoisotopic (exact) mass is 281 g/mol. The van der Waals surface area contributed by atoms with Crippen LogP contribution in [0.25, 0.3) is 0 Å². The predicted octanol–water partition coefficient (Wildman–Crippen LogP) is 2.74. The van der Waals surface area contributed by atoms with Crippen molar-refractivity contribution in [1.82, 2.24) is 5.32 Å². The third kappa shape index (κ3) is 4.33. The van der Waals surface area contributed by atoms with E-state index < -0.39 is 18.6 Å². The van der Waals surface area contributed by atoms with Crippen LogP contribution in [0.1, 0.15) is 10.4 Å². The fraction of sp³-hybridized carbons (Fsp3) is 0.222. The van der Waals surface area contributed by atoms with Crippen LogP contribution in [0.4, 0.5) is 13.2 Å². The standard InChI is InChI=1S/C9H7BrF3NO/c10-7-3-1-2-6(4-7)8(15)14-5-9(11,12)13/h1-4H,5H2,(H,14,15). The summed E-state index contributed by atoms with van der Waals surface area (Å²) < 4.78 is 36.0. The van der Waals surface area contributed by atoms with E-state index in [1.807, 2.05) is 0 Å². The molecule has 0 radical (unpaired) electrons. The van der Waals surface area contributed by atoms with Gasteiger partial charge in [0.05, 0.1) is 0 Å². The van der Waals surface area contributed by atoms with Crippen molar-refractivity contribution < 1.29 is 18.0 Å². The van der Waals surface area contributed by atoms with Crippen molar-refractivity contribution in [3.63, 3.8) is 0 Å². The molecule has 0 bridgehead atoms. The lowest BCUT2D eigenvalue weighted by Crippen LogP contribution is -2.33. The summed E-state index contributed by atoms with van der Waals surface area (Å²) in [5.74, 6) is -0.742. The molecule has 0 unspecified atom stereocenters. The van der Waals surface area contributed by atoms with Gasteiger partial charge in [-0.3, -0.25) is 4.79 Å². The Balaban J connectivity index is 2.62. The number of carbonyl (C=O) groups is 1. The van der Waals surface area contributed by atoms with Crippen molar-refractivity contribution in [2.45, 2.75) is 6.18 Å². The molecule has 6 heteroatoms. The predicted molar refractivity (Wildman–Crippen MR) is 52.5 cm³/mol. The zero-order valence-electron chi connectivity index (χ0n) is 7.44. The molecule has 0 spiro atoms. The van der Waals surface area contributed by atoms with Crippen molar-refractivity contribution in [1.29, 1.82) is 0 Å². The molecule has 0 aliphatic rings. The summed E-state index contributed by atoms with van der Waals surface area (Å²) in [5, 5.41) is 1.78. The van der Waals surface area contributed by atoms with Crippen LogP contribution in [0.15, 0.2) is 28.7 Å². The number of halogens is 4. The van der Waals surface area contributed by atoms with Crippen molar-refractivity contribution in [3.05, 3.63) is 34.3 Å². The van der Waals surface area contributed by atoms with Gasteiger partial charge in [0, 0.05) is 10.0 Å². The van der Waals surface area contributed by atoms with Gasteiger partial charge in [-0.1, -0.05) is 22.0 Å². The zero-order chi connectivity index (χ0) is 11.5. The summed E-state index contributed by atoms with van der Waals surface area (Å²) in [5.41, 5.74) is 0.189. The van der Waals surface area contributed by atoms with E-state index in [-0.39, 0.29) is 5.56 Å². The van der Waals surface area contributed by atoms with E-state index in [1.54, 1.807) is 17.4 Å². The van der Waals surface area contributed by atoms with Gasteiger partial charge in [-0.2, -0.15) is 13.2 Å². The van der Waals surface area contributed by atoms with E-state index in [4.69, 9.17) is 0 Å². The third-order valence-corrected chi connectivity index (χ3v) is 2.03. The topological polar surface area (TPSA) is 29.1 Å². The Morgan fingerprint density at radius 2 is 2.07 bits per heavy atom. The van der Waals surface area contributed by atoms with Crippen molar-refractivity contribution in [2.75, 3.05) is 6.54 Å². The summed E-state index contributed by atoms with van der Waals surface area (Å²) in [7, 11) is 0. The maximum atomic E-state index is 11.8. The number of hydrogen-bond acceptors (Lipinski definition) is 1. The molecule has 2 nitrogen and oxygen atoms in total. The number of hydrogen-bond donors (Lipinski definition) is 1. The number of benzene rings is 1. The van der Waals surface area contributed by atoms with Gasteiger partial charge >= 0.3 is 6.18 Å². The van der Waals surface area contributed by atoms with Crippen LogP contribution in [0.5, 0.6) is 0 Å². The minimum atomic E-state index is -4.39. The Bertz CT molecular complexity index is 365. The Hall–Kier alpha value is -1.04. The molecule has 0 aromatic heterocycles. The van der Waals surface area contributed by atoms with E-state index >= 15 is 0 Å². The Kier molecular flexibility index (Phi) is 3.73. The largest absolute Gasteiger partial charge is 0.405 e. The first-order valence-electron chi connectivity index (χ1n) is 3.99. The Labute approximate surface area is 92.6 Å². The first kappa shape index (κ1) is 12.0. The van der Waals surface area contributed by atoms with E-state index in [9.17, 15) is 18.0 Å². The SMILES string of the molecule is O=C(NCC(F)(F)F)c1cccc(Br)c1. The lowest BCUT2D eigenvalue weighted by atomic mass is 10.2. The highest BCUT2D eigenvalue weighted by molar-refractivity contribution is 9.10. The minimum absolute atomic E-state index is 0.189. The second-order valence-electron chi connectivity index (χ2n) is 2.81. The summed E-state index contributed by atoms with van der Waals surface area (Å²) >= 11 is 3.12. The highest BCUT2D eigenvalue weighted by Crippen LogP contribution is 2.14. The maximum Gasteiger partial charge on any atom is 0.405 e. The molecule has 1 amide bonds. The molecule has 15 heavy (non-hydrogen) atoms. The van der Waals surface area contributed by atoms with E-state index in [1.165, 1.54) is 12.1 Å². The lowest BCUT2D eigenvalue weighted by Gasteiger charge is -2.08. The van der Waals surface area contributed by atoms with Crippen LogP contribution in [0.2, 0.25) is 0 Å². The molecule has 1 aromatic rings. The lowest BCUT2D eigenvalue weighted by molar-refractivity contribution is -0.123. The van der Waals surface area contributed by atoms with Crippen LogP contribution in [0.3, 0.4) is 0 Å². The zero-order valence-corrected chi connectivity index (χ0v) is 9.02. The fourth-order valence-corrected chi connectivity index (χ4v) is 1.31. The molecule has 0 saturated heterocycles. The van der Waals surface area contributed by atoms with Crippen LogP contribution < -0.4 is 5.32 Å². The Morgan fingerprint density at radius 1 is 1.40 bits per heavy atom. The van der Waals surface area contributed by atoms with E-state index in [0.29, 0.717) is 4.47 Å². The molecule has 1 aromatic carbocycles. The van der Waals surface area contributed by atoms with Gasteiger partial charge in [-0.05, 0) is 18.2 Å². The van der Waals surface area contributed by atoms with Gasteiger partial charge in [0.25, 0.3) is 5.91 Å². The molecule has 0 saturated carbocycles. The van der Waals surface area contributed by atoms with Gasteiger partial charge in [-0.25, -0.2) is 0 Å². The first-order chi connectivity index (χ1) is 6.88. The molecule has 0 aliphatic heterocycles. The molecule has 82 valence electrons. The summed E-state index contributed by atoms with van der Waals surface area (Å²) in [4.78, 5) is 11.2. The number of amides is 1. The Morgan fingerprint density at radius 3 is 2.60 bits per heavy atom. The van der Waals surface area contributed by atoms with Gasteiger partial charge in [-0.15, -0.1) is 0 Å². The van der Waals surface area contributed by atoms with Crippen molar-refractivity contribution in [3.8, 4) is 0 Å². The molecule has 0 aliphatic carbocycles. The maximum absolute atomic E-state index is 11.8. The van der Waals surface area contributed by atoms with Gasteiger partial charge in [0.2, 0.25) is 0 Å². The highest BCUT2D eigenvalue weighted by atomic mass is 79.9. The van der Waals surface area contributed by atoms with Crippen molar-refractivity contribution >= 4 is 21.8 Å². The minimum Gasteiger partial charge on any atom is -0.343 e. The normalized spacial score (nSPS) is 11.2. The van der Waals surface area contributed by atoms with E-state index in [2.05, 4.69) is 15.9 Å². The second-order valence-corrected chi connectivity index (χ2v) is 3.72. The van der Waals surface area contributed by atoms with Crippen LogP contribution in [-0.4, -0.2) is 18.6 Å². The molecular weight excluding hydrogens is 275 g/mol. The molecular formula is C9H7BrF3NO. The van der Waals surface area contributed by atoms with Gasteiger partial charge in [0.15, 0.2) is 0 Å². The average molecular weight is 282 g/mol. The number of alkyl halides is 3. The number of nitrogens with one attached hydrogen (secondary N) is 1. The van der Waals surface area contributed by atoms with Crippen LogP contribution in [0, 0.1) is 0 Å². The smallest absolute Gasteiger partial charge is 0.343 e. The average Bonchev–Trinajstić information content (AvgIpc) is 2.13. The fourth-order valence-electron chi connectivity index (χ4n) is 0.912. The summed E-state index contributed by atoms with van der Waals surface area (Å²) in [6.07, 6.45) is -4.39. The number of carbonyl (C=O) groups excluding carboxylic acids is 1. The quantitative estimate of drug-likeness (QED) is 0.887.